The number of amides is 2. The van der Waals surface area contributed by atoms with E-state index in [-0.39, 0.29) is 5.91 Å². The van der Waals surface area contributed by atoms with E-state index >= 15 is 0 Å². The summed E-state index contributed by atoms with van der Waals surface area (Å²) in [4.78, 5) is 36.0. The van der Waals surface area contributed by atoms with Crippen LogP contribution in [-0.2, 0) is 22.4 Å². The van der Waals surface area contributed by atoms with Crippen LogP contribution in [-0.4, -0.2) is 65.9 Å². The number of hydrogen-bond acceptors (Lipinski definition) is 6. The number of anilines is 1. The van der Waals surface area contributed by atoms with E-state index in [1.807, 2.05) is 12.1 Å². The smallest absolute Gasteiger partial charge is 0.312 e. The molecule has 3 aliphatic rings. The summed E-state index contributed by atoms with van der Waals surface area (Å²) in [5, 5.41) is 10.0. The van der Waals surface area contributed by atoms with Crippen molar-refractivity contribution < 1.29 is 14.0 Å². The third-order valence-corrected chi connectivity index (χ3v) is 7.48. The topological polar surface area (TPSA) is 93.7 Å². The normalized spacial score (nSPS) is 19.0. The van der Waals surface area contributed by atoms with E-state index in [4.69, 9.17) is 9.40 Å². The van der Waals surface area contributed by atoms with Gasteiger partial charge in [0.25, 0.3) is 0 Å². The zero-order chi connectivity index (χ0) is 23.7. The maximum absolute atomic E-state index is 12.9. The number of nitriles is 1. The van der Waals surface area contributed by atoms with Gasteiger partial charge in [-0.3, -0.25) is 9.59 Å². The number of piperidine rings is 1. The summed E-state index contributed by atoms with van der Waals surface area (Å²) in [5.41, 5.74) is 3.67. The lowest BCUT2D eigenvalue weighted by atomic mass is 9.87. The molecule has 0 radical (unpaired) electrons. The summed E-state index contributed by atoms with van der Waals surface area (Å²) in [6, 6.07) is 6.19. The molecule has 0 N–H and O–H groups in total. The van der Waals surface area contributed by atoms with Crippen molar-refractivity contribution in [3.63, 3.8) is 0 Å². The van der Waals surface area contributed by atoms with E-state index in [0.29, 0.717) is 56.6 Å². The fourth-order valence-electron chi connectivity index (χ4n) is 5.37. The second kappa shape index (κ2) is 9.49. The van der Waals surface area contributed by atoms with Crippen molar-refractivity contribution in [3.8, 4) is 17.5 Å². The Morgan fingerprint density at radius 1 is 1.00 bits per heavy atom. The van der Waals surface area contributed by atoms with Gasteiger partial charge in [0.15, 0.2) is 5.76 Å². The molecule has 178 valence electrons. The number of nitrogens with zero attached hydrogens (tertiary/aromatic N) is 5. The summed E-state index contributed by atoms with van der Waals surface area (Å²) in [6.45, 7) is 5.45. The Hall–Kier alpha value is -3.34. The van der Waals surface area contributed by atoms with Crippen molar-refractivity contribution in [3.05, 3.63) is 35.1 Å². The Kier molecular flexibility index (Phi) is 6.27. The maximum atomic E-state index is 12.9. The number of rotatable bonds is 2. The molecule has 0 saturated carbocycles. The van der Waals surface area contributed by atoms with Crippen LogP contribution >= 0.6 is 0 Å². The van der Waals surface area contributed by atoms with Gasteiger partial charge in [-0.1, -0.05) is 6.92 Å². The van der Waals surface area contributed by atoms with Gasteiger partial charge in [-0.05, 0) is 67.7 Å². The quantitative estimate of drug-likeness (QED) is 0.639. The van der Waals surface area contributed by atoms with Crippen LogP contribution in [0.25, 0.3) is 11.5 Å². The molecule has 2 amide bonds. The molecular formula is C26H31N5O3. The molecule has 5 rings (SSSR count). The van der Waals surface area contributed by atoms with E-state index in [2.05, 4.69) is 17.9 Å². The van der Waals surface area contributed by atoms with Gasteiger partial charge in [-0.25, -0.2) is 4.98 Å². The van der Waals surface area contributed by atoms with Crippen molar-refractivity contribution in [2.24, 2.45) is 5.92 Å². The van der Waals surface area contributed by atoms with Crippen LogP contribution in [0.1, 0.15) is 49.3 Å². The van der Waals surface area contributed by atoms with Crippen LogP contribution < -0.4 is 4.90 Å². The first-order valence-corrected chi connectivity index (χ1v) is 12.4. The van der Waals surface area contributed by atoms with Gasteiger partial charge in [0, 0.05) is 39.3 Å². The highest BCUT2D eigenvalue weighted by molar-refractivity contribution is 6.34. The van der Waals surface area contributed by atoms with Crippen LogP contribution in [0, 0.1) is 17.2 Å². The predicted molar refractivity (Wildman–Crippen MR) is 127 cm³/mol. The molecule has 0 spiro atoms. The Balaban J connectivity index is 1.35. The first kappa shape index (κ1) is 22.5. The molecule has 1 aliphatic carbocycles. The van der Waals surface area contributed by atoms with Gasteiger partial charge < -0.3 is 19.1 Å². The molecule has 8 nitrogen and oxygen atoms in total. The molecule has 2 aromatic rings. The fourth-order valence-corrected chi connectivity index (χ4v) is 5.37. The van der Waals surface area contributed by atoms with Crippen molar-refractivity contribution in [2.45, 2.75) is 45.4 Å². The minimum Gasteiger partial charge on any atom is -0.463 e. The third kappa shape index (κ3) is 4.15. The van der Waals surface area contributed by atoms with Crippen molar-refractivity contribution in [2.75, 3.05) is 44.2 Å². The van der Waals surface area contributed by atoms with Crippen molar-refractivity contribution >= 4 is 17.6 Å². The lowest BCUT2D eigenvalue weighted by Gasteiger charge is -2.37. The Bertz CT molecular complexity index is 1100. The van der Waals surface area contributed by atoms with Gasteiger partial charge >= 0.3 is 11.8 Å². The lowest BCUT2D eigenvalue weighted by molar-refractivity contribution is -0.152. The summed E-state index contributed by atoms with van der Waals surface area (Å²) in [7, 11) is 0. The average Bonchev–Trinajstić information content (AvgIpc) is 3.42. The van der Waals surface area contributed by atoms with Crippen LogP contribution in [0.15, 0.2) is 22.8 Å². The number of hydrogen-bond donors (Lipinski definition) is 0. The number of pyridine rings is 1. The third-order valence-electron chi connectivity index (χ3n) is 7.48. The van der Waals surface area contributed by atoms with E-state index in [0.717, 1.165) is 61.1 Å². The number of furan rings is 1. The van der Waals surface area contributed by atoms with E-state index in [1.54, 1.807) is 16.1 Å². The highest BCUT2D eigenvalue weighted by atomic mass is 16.3. The summed E-state index contributed by atoms with van der Waals surface area (Å²) in [6.07, 6.45) is 7.45. The van der Waals surface area contributed by atoms with Crippen LogP contribution in [0.5, 0.6) is 0 Å². The fraction of sp³-hybridized carbons (Fsp3) is 0.538. The second-order valence-electron chi connectivity index (χ2n) is 9.67. The zero-order valence-electron chi connectivity index (χ0n) is 19.8. The molecule has 0 unspecified atom stereocenters. The highest BCUT2D eigenvalue weighted by Crippen LogP contribution is 2.37. The Labute approximate surface area is 200 Å². The van der Waals surface area contributed by atoms with E-state index in [1.165, 1.54) is 0 Å². The largest absolute Gasteiger partial charge is 0.463 e. The summed E-state index contributed by atoms with van der Waals surface area (Å²) >= 11 is 0. The number of carbonyl (C=O) groups excluding carboxylic acids is 2. The second-order valence-corrected chi connectivity index (χ2v) is 9.67. The standard InChI is InChI=1S/C26H31N5O3/c1-18-8-10-30(11-9-18)25(32)26(33)31-14-12-29(13-15-31)24-21(17-27)19-5-2-3-6-20(19)23(28-24)22-7-4-16-34-22/h4,7,16,18H,2-3,5-6,8-15H2,1H3. The molecule has 4 heterocycles. The molecule has 2 saturated heterocycles. The molecule has 34 heavy (non-hydrogen) atoms. The van der Waals surface area contributed by atoms with Crippen molar-refractivity contribution in [1.29, 1.82) is 5.26 Å². The minimum atomic E-state index is -0.413. The highest BCUT2D eigenvalue weighted by Gasteiger charge is 2.33. The summed E-state index contributed by atoms with van der Waals surface area (Å²) < 4.78 is 5.68. The Morgan fingerprint density at radius 2 is 1.65 bits per heavy atom. The number of likely N-dealkylation sites (tertiary alicyclic amines) is 1. The number of fused-ring (bicyclic) bond motifs is 1. The molecule has 8 heteroatoms. The first-order valence-electron chi connectivity index (χ1n) is 12.4. The molecule has 0 aromatic carbocycles. The van der Waals surface area contributed by atoms with Crippen LogP contribution in [0.3, 0.4) is 0 Å². The summed E-state index contributed by atoms with van der Waals surface area (Å²) in [5.74, 6) is 1.19. The van der Waals surface area contributed by atoms with Crippen molar-refractivity contribution in [1.82, 2.24) is 14.8 Å². The van der Waals surface area contributed by atoms with Gasteiger partial charge in [0.1, 0.15) is 17.6 Å². The van der Waals surface area contributed by atoms with E-state index < -0.39 is 5.91 Å². The molecule has 0 atom stereocenters. The maximum Gasteiger partial charge on any atom is 0.312 e. The number of piperazine rings is 1. The lowest BCUT2D eigenvalue weighted by Crippen LogP contribution is -2.54. The molecule has 2 aromatic heterocycles. The average molecular weight is 462 g/mol. The number of aromatic nitrogens is 1. The monoisotopic (exact) mass is 461 g/mol. The molecule has 2 aliphatic heterocycles. The van der Waals surface area contributed by atoms with Crippen LogP contribution in [0.4, 0.5) is 5.82 Å². The van der Waals surface area contributed by atoms with Gasteiger partial charge in [0.05, 0.1) is 11.8 Å². The van der Waals surface area contributed by atoms with Gasteiger partial charge in [0.2, 0.25) is 0 Å². The molecule has 0 bridgehead atoms. The first-order chi connectivity index (χ1) is 16.6. The SMILES string of the molecule is CC1CCN(C(=O)C(=O)N2CCN(c3nc(-c4ccco4)c4c(c3C#N)CCCC4)CC2)CC1. The molecular weight excluding hydrogens is 430 g/mol. The number of carbonyl (C=O) groups is 2. The zero-order valence-corrected chi connectivity index (χ0v) is 19.8. The Morgan fingerprint density at radius 3 is 2.26 bits per heavy atom. The van der Waals surface area contributed by atoms with Gasteiger partial charge in [-0.2, -0.15) is 5.26 Å². The van der Waals surface area contributed by atoms with E-state index in [9.17, 15) is 14.9 Å². The van der Waals surface area contributed by atoms with Crippen LogP contribution in [0.2, 0.25) is 0 Å². The molecule has 2 fully saturated rings. The minimum absolute atomic E-state index is 0.384. The van der Waals surface area contributed by atoms with Gasteiger partial charge in [-0.15, -0.1) is 0 Å². The predicted octanol–water partition coefficient (Wildman–Crippen LogP) is 3.00.